The number of aliphatic hydroxyl groups excluding tert-OH is 1. The highest BCUT2D eigenvalue weighted by molar-refractivity contribution is 7.15. The summed E-state index contributed by atoms with van der Waals surface area (Å²) in [5, 5.41) is 19.4. The van der Waals surface area contributed by atoms with E-state index >= 15 is 0 Å². The van der Waals surface area contributed by atoms with E-state index in [9.17, 15) is 9.18 Å². The minimum atomic E-state index is -0.416. The predicted molar refractivity (Wildman–Crippen MR) is 164 cm³/mol. The third-order valence-corrected chi connectivity index (χ3v) is 7.37. The Morgan fingerprint density at radius 3 is 2.86 bits per heavy atom. The largest absolute Gasteiger partial charge is 0.493 e. The Morgan fingerprint density at radius 1 is 1.12 bits per heavy atom. The lowest BCUT2D eigenvalue weighted by Gasteiger charge is -2.14. The second-order valence-corrected chi connectivity index (χ2v) is 10.6. The minimum Gasteiger partial charge on any atom is -0.493 e. The Kier molecular flexibility index (Phi) is 10.1. The van der Waals surface area contributed by atoms with Crippen molar-refractivity contribution in [1.29, 1.82) is 0 Å². The molecule has 0 atom stereocenters. The number of hydrogen-bond acceptors (Lipinski definition) is 10. The number of methoxy groups -OCH3 is 1. The molecule has 3 aromatic heterocycles. The van der Waals surface area contributed by atoms with Gasteiger partial charge in [0.25, 0.3) is 0 Å². The van der Waals surface area contributed by atoms with Crippen molar-refractivity contribution in [3.8, 4) is 11.5 Å². The molecule has 4 N–H and O–H groups in total. The maximum absolute atomic E-state index is 13.4. The molecule has 0 aliphatic heterocycles. The van der Waals surface area contributed by atoms with Crippen LogP contribution in [0.3, 0.4) is 0 Å². The van der Waals surface area contributed by atoms with Crippen LogP contribution in [0.2, 0.25) is 0 Å². The number of ether oxygens (including phenoxy) is 2. The monoisotopic (exact) mass is 605 g/mol. The summed E-state index contributed by atoms with van der Waals surface area (Å²) in [4.78, 5) is 26.3. The van der Waals surface area contributed by atoms with Gasteiger partial charge in [-0.2, -0.15) is 0 Å². The van der Waals surface area contributed by atoms with E-state index < -0.39 is 5.82 Å². The fourth-order valence-electron chi connectivity index (χ4n) is 4.45. The minimum absolute atomic E-state index is 0.0984. The molecule has 224 valence electrons. The van der Waals surface area contributed by atoms with Crippen LogP contribution in [0.4, 0.5) is 21.0 Å². The topological polar surface area (TPSA) is 135 Å². The van der Waals surface area contributed by atoms with Gasteiger partial charge < -0.3 is 35.1 Å². The van der Waals surface area contributed by atoms with Crippen molar-refractivity contribution in [2.75, 3.05) is 37.5 Å². The van der Waals surface area contributed by atoms with Crippen LogP contribution in [0.25, 0.3) is 10.9 Å². The van der Waals surface area contributed by atoms with E-state index in [0.717, 1.165) is 28.9 Å². The van der Waals surface area contributed by atoms with E-state index in [1.165, 1.54) is 35.9 Å². The van der Waals surface area contributed by atoms with Gasteiger partial charge in [0.2, 0.25) is 5.91 Å². The van der Waals surface area contributed by atoms with Crippen LogP contribution in [-0.4, -0.2) is 57.4 Å². The first-order chi connectivity index (χ1) is 21.0. The van der Waals surface area contributed by atoms with Gasteiger partial charge in [-0.15, -0.1) is 11.3 Å². The van der Waals surface area contributed by atoms with Gasteiger partial charge in [-0.25, -0.2) is 19.3 Å². The van der Waals surface area contributed by atoms with Gasteiger partial charge in [0.05, 0.1) is 32.3 Å². The highest BCUT2D eigenvalue weighted by Crippen LogP contribution is 2.35. The molecule has 5 aromatic rings. The fourth-order valence-corrected chi connectivity index (χ4v) is 5.26. The number of aromatic nitrogens is 4. The Morgan fingerprint density at radius 2 is 2.02 bits per heavy atom. The van der Waals surface area contributed by atoms with Crippen LogP contribution in [-0.2, 0) is 24.3 Å². The molecule has 5 rings (SSSR count). The summed E-state index contributed by atoms with van der Waals surface area (Å²) in [5.41, 5.74) is 2.21. The zero-order chi connectivity index (χ0) is 30.0. The van der Waals surface area contributed by atoms with Gasteiger partial charge in [-0.3, -0.25) is 4.79 Å². The molecule has 11 nitrogen and oxygen atoms in total. The lowest BCUT2D eigenvalue weighted by molar-refractivity contribution is -0.115. The summed E-state index contributed by atoms with van der Waals surface area (Å²) in [5.74, 6) is 0.983. The van der Waals surface area contributed by atoms with Gasteiger partial charge in [0, 0.05) is 59.7 Å². The molecule has 0 aliphatic carbocycles. The molecule has 2 aromatic carbocycles. The average Bonchev–Trinajstić information content (AvgIpc) is 3.64. The van der Waals surface area contributed by atoms with E-state index in [0.29, 0.717) is 53.3 Å². The summed E-state index contributed by atoms with van der Waals surface area (Å²) in [6.07, 6.45) is 6.00. The number of benzene rings is 2. The number of nitrogens with one attached hydrogen (secondary N) is 3. The number of carbonyl (C=O) groups excluding carboxylic acids is 1. The lowest BCUT2D eigenvalue weighted by atomic mass is 10.2. The fraction of sp³-hybridized carbons (Fsp3) is 0.267. The maximum Gasteiger partial charge on any atom is 0.229 e. The van der Waals surface area contributed by atoms with Gasteiger partial charge >= 0.3 is 0 Å². The summed E-state index contributed by atoms with van der Waals surface area (Å²) in [6.45, 7) is 2.62. The molecule has 1 amide bonds. The smallest absolute Gasteiger partial charge is 0.229 e. The molecule has 0 saturated heterocycles. The molecule has 0 unspecified atom stereocenters. The lowest BCUT2D eigenvalue weighted by Crippen LogP contribution is -2.19. The molecule has 0 spiro atoms. The number of aryl methyl sites for hydroxylation is 1. The van der Waals surface area contributed by atoms with Gasteiger partial charge in [-0.05, 0) is 42.8 Å². The molecule has 0 aliphatic rings. The Bertz CT molecular complexity index is 1680. The van der Waals surface area contributed by atoms with Gasteiger partial charge in [0.1, 0.15) is 18.0 Å². The van der Waals surface area contributed by atoms with E-state index in [1.54, 1.807) is 19.4 Å². The number of thiazole rings is 1. The number of amides is 1. The van der Waals surface area contributed by atoms with Crippen LogP contribution in [0.15, 0.2) is 67.3 Å². The van der Waals surface area contributed by atoms with Crippen LogP contribution in [0, 0.1) is 5.82 Å². The molecule has 43 heavy (non-hydrogen) atoms. The van der Waals surface area contributed by atoms with Crippen molar-refractivity contribution in [3.63, 3.8) is 0 Å². The molecular weight excluding hydrogens is 573 g/mol. The standard InChI is InChI=1S/C30H32FN7O4S/c1-41-26-15-24-25(16-27(26)42-12-4-10-38-9-3-7-22(38)17-32-8-11-39)34-19-35-29(24)37-30-33-18-23(43-30)14-28(40)36-21-6-2-5-20(31)13-21/h2-3,5-7,9,13,15-16,18-19,32,39H,4,8,10-12,14,17H2,1H3,(H,36,40)(H,33,34,35,37). The third kappa shape index (κ3) is 8.03. The van der Waals surface area contributed by atoms with Crippen LogP contribution in [0.5, 0.6) is 11.5 Å². The third-order valence-electron chi connectivity index (χ3n) is 6.46. The number of hydrogen-bond donors (Lipinski definition) is 4. The van der Waals surface area contributed by atoms with Crippen LogP contribution >= 0.6 is 11.3 Å². The van der Waals surface area contributed by atoms with Crippen molar-refractivity contribution in [2.45, 2.75) is 25.9 Å². The predicted octanol–water partition coefficient (Wildman–Crippen LogP) is 4.51. The Labute approximate surface area is 251 Å². The first-order valence-electron chi connectivity index (χ1n) is 13.7. The average molecular weight is 606 g/mol. The molecule has 0 bridgehead atoms. The second-order valence-electron chi connectivity index (χ2n) is 9.53. The van der Waals surface area contributed by atoms with Crippen LogP contribution in [0.1, 0.15) is 17.0 Å². The van der Waals surface area contributed by atoms with Crippen molar-refractivity contribution < 1.29 is 23.8 Å². The number of rotatable bonds is 15. The number of aliphatic hydroxyl groups is 1. The summed E-state index contributed by atoms with van der Waals surface area (Å²) in [6, 6.07) is 13.5. The zero-order valence-corrected chi connectivity index (χ0v) is 24.4. The van der Waals surface area contributed by atoms with Crippen molar-refractivity contribution in [3.05, 3.63) is 83.6 Å². The highest BCUT2D eigenvalue weighted by Gasteiger charge is 2.14. The molecule has 0 radical (unpaired) electrons. The number of fused-ring (bicyclic) bond motifs is 1. The second kappa shape index (κ2) is 14.5. The summed E-state index contributed by atoms with van der Waals surface area (Å²) in [7, 11) is 1.58. The first-order valence-corrected chi connectivity index (χ1v) is 14.5. The first kappa shape index (κ1) is 29.9. The summed E-state index contributed by atoms with van der Waals surface area (Å²) < 4.78 is 27.3. The molecule has 3 heterocycles. The van der Waals surface area contributed by atoms with E-state index in [4.69, 9.17) is 14.6 Å². The summed E-state index contributed by atoms with van der Waals surface area (Å²) >= 11 is 1.32. The number of anilines is 3. The van der Waals surface area contributed by atoms with Crippen molar-refractivity contribution in [2.24, 2.45) is 0 Å². The Balaban J connectivity index is 1.20. The Hall–Kier alpha value is -4.59. The van der Waals surface area contributed by atoms with Gasteiger partial charge in [-0.1, -0.05) is 6.07 Å². The quantitative estimate of drug-likeness (QED) is 0.127. The van der Waals surface area contributed by atoms with E-state index in [1.807, 2.05) is 24.4 Å². The van der Waals surface area contributed by atoms with Crippen molar-refractivity contribution >= 4 is 44.8 Å². The zero-order valence-electron chi connectivity index (χ0n) is 23.5. The normalized spacial score (nSPS) is 11.0. The van der Waals surface area contributed by atoms with E-state index in [2.05, 4.69) is 41.5 Å². The van der Waals surface area contributed by atoms with Gasteiger partial charge in [0.15, 0.2) is 16.6 Å². The highest BCUT2D eigenvalue weighted by atomic mass is 32.1. The molecular formula is C30H32FN7O4S. The molecule has 0 fully saturated rings. The van der Waals surface area contributed by atoms with Crippen molar-refractivity contribution in [1.82, 2.24) is 24.8 Å². The van der Waals surface area contributed by atoms with E-state index in [-0.39, 0.29) is 18.9 Å². The molecule has 13 heteroatoms. The van der Waals surface area contributed by atoms with Crippen LogP contribution < -0.4 is 25.4 Å². The molecule has 0 saturated carbocycles. The maximum atomic E-state index is 13.4. The number of carbonyl (C=O) groups is 1. The SMILES string of the molecule is COc1cc2c(Nc3ncc(CC(=O)Nc4cccc(F)c4)s3)ncnc2cc1OCCCn1cccc1CNCCO. The number of halogens is 1. The number of nitrogens with zero attached hydrogens (tertiary/aromatic N) is 4.